The van der Waals surface area contributed by atoms with E-state index in [0.29, 0.717) is 0 Å². The van der Waals surface area contributed by atoms with Crippen molar-refractivity contribution in [1.82, 2.24) is 19.1 Å². The monoisotopic (exact) mass is 702 g/mol. The largest absolute Gasteiger partial charge is 0.453 e. The fourth-order valence-electron chi connectivity index (χ4n) is 8.65. The number of hydrogen-bond acceptors (Lipinski definition) is 3. The van der Waals surface area contributed by atoms with Gasteiger partial charge < -0.3 is 4.74 Å². The maximum absolute atomic E-state index is 6.52. The zero-order valence-electron chi connectivity index (χ0n) is 29.5. The van der Waals surface area contributed by atoms with Crippen LogP contribution < -0.4 is 4.74 Å². The highest BCUT2D eigenvalue weighted by Crippen LogP contribution is 2.49. The molecule has 0 amide bonds. The van der Waals surface area contributed by atoms with Gasteiger partial charge in [-0.15, -0.1) is 0 Å². The summed E-state index contributed by atoms with van der Waals surface area (Å²) >= 11 is 0. The van der Waals surface area contributed by atoms with Gasteiger partial charge in [0.05, 0.1) is 39.1 Å². The summed E-state index contributed by atoms with van der Waals surface area (Å²) in [5.41, 5.74) is 13.2. The van der Waals surface area contributed by atoms with Gasteiger partial charge >= 0.3 is 0 Å². The number of fused-ring (bicyclic) bond motifs is 9. The maximum atomic E-state index is 6.52. The first-order valence-electron chi connectivity index (χ1n) is 18.6. The minimum Gasteiger partial charge on any atom is -0.453 e. The molecule has 3 aromatic heterocycles. The van der Waals surface area contributed by atoms with Gasteiger partial charge in [-0.05, 0) is 82.6 Å². The second-order valence-electron chi connectivity index (χ2n) is 14.2. The molecule has 55 heavy (non-hydrogen) atoms. The Hall–Kier alpha value is -7.50. The van der Waals surface area contributed by atoms with E-state index in [1.165, 1.54) is 21.5 Å². The molecule has 0 spiro atoms. The van der Waals surface area contributed by atoms with Crippen LogP contribution in [0, 0.1) is 0 Å². The van der Waals surface area contributed by atoms with Crippen LogP contribution in [0.3, 0.4) is 0 Å². The third-order valence-corrected chi connectivity index (χ3v) is 11.1. The van der Waals surface area contributed by atoms with Gasteiger partial charge in [-0.1, -0.05) is 121 Å². The van der Waals surface area contributed by atoms with Gasteiger partial charge in [-0.25, -0.2) is 9.97 Å². The van der Waals surface area contributed by atoms with Crippen LogP contribution in [0.15, 0.2) is 182 Å². The lowest BCUT2D eigenvalue weighted by atomic mass is 9.93. The molecule has 1 aliphatic heterocycles. The van der Waals surface area contributed by atoms with Gasteiger partial charge in [-0.2, -0.15) is 0 Å². The van der Waals surface area contributed by atoms with E-state index in [0.717, 1.165) is 89.6 Å². The van der Waals surface area contributed by atoms with Crippen LogP contribution in [0.5, 0.6) is 11.5 Å². The molecule has 0 radical (unpaired) electrons. The topological polar surface area (TPSA) is 44.9 Å². The predicted molar refractivity (Wildman–Crippen MR) is 225 cm³/mol. The van der Waals surface area contributed by atoms with Crippen LogP contribution in [0.4, 0.5) is 0 Å². The van der Waals surface area contributed by atoms with Crippen LogP contribution in [0.2, 0.25) is 0 Å². The Morgan fingerprint density at radius 2 is 1.13 bits per heavy atom. The van der Waals surface area contributed by atoms with Crippen molar-refractivity contribution in [3.63, 3.8) is 0 Å². The smallest absolute Gasteiger partial charge is 0.152 e. The van der Waals surface area contributed by atoms with Crippen LogP contribution >= 0.6 is 0 Å². The van der Waals surface area contributed by atoms with Gasteiger partial charge in [0.25, 0.3) is 0 Å². The third-order valence-electron chi connectivity index (χ3n) is 11.1. The van der Waals surface area contributed by atoms with E-state index in [4.69, 9.17) is 14.7 Å². The van der Waals surface area contributed by atoms with Gasteiger partial charge in [-0.3, -0.25) is 9.13 Å². The standard InChI is InChI=1S/C50H30N4O/c1-2-15-35(16-3-1)53-42-28-27-33(30-39(42)46-38-19-12-24-45-49(38)54(50(46)53)43-22-10-11-23-44(43)55-45)36-17-6-7-18-37(36)48-47(51-40-20-8-9-21-41(40)52-48)34-26-25-31-13-4-5-14-32(31)29-34/h1-30H. The molecule has 0 saturated heterocycles. The minimum atomic E-state index is 0.846. The zero-order chi connectivity index (χ0) is 36.0. The fourth-order valence-corrected chi connectivity index (χ4v) is 8.65. The lowest BCUT2D eigenvalue weighted by Gasteiger charge is -2.21. The van der Waals surface area contributed by atoms with Crippen molar-refractivity contribution in [2.75, 3.05) is 0 Å². The Morgan fingerprint density at radius 1 is 0.436 bits per heavy atom. The summed E-state index contributed by atoms with van der Waals surface area (Å²) in [5, 5.41) is 5.89. The molecular weight excluding hydrogens is 673 g/mol. The quantitative estimate of drug-likeness (QED) is 0.183. The summed E-state index contributed by atoms with van der Waals surface area (Å²) in [4.78, 5) is 10.6. The Kier molecular flexibility index (Phi) is 6.27. The van der Waals surface area contributed by atoms with E-state index < -0.39 is 0 Å². The van der Waals surface area contributed by atoms with E-state index in [9.17, 15) is 0 Å². The summed E-state index contributed by atoms with van der Waals surface area (Å²) in [6, 6.07) is 64.1. The second-order valence-corrected chi connectivity index (χ2v) is 14.2. The average molecular weight is 703 g/mol. The lowest BCUT2D eigenvalue weighted by molar-refractivity contribution is 0.476. The Morgan fingerprint density at radius 3 is 2.00 bits per heavy atom. The lowest BCUT2D eigenvalue weighted by Crippen LogP contribution is -2.06. The molecule has 12 rings (SSSR count). The molecule has 11 aromatic rings. The molecular formula is C50H30N4O. The molecule has 8 aromatic carbocycles. The van der Waals surface area contributed by atoms with E-state index in [1.54, 1.807) is 0 Å². The van der Waals surface area contributed by atoms with Crippen molar-refractivity contribution in [1.29, 1.82) is 0 Å². The van der Waals surface area contributed by atoms with E-state index in [-0.39, 0.29) is 0 Å². The molecule has 0 atom stereocenters. The molecule has 0 unspecified atom stereocenters. The molecule has 5 nitrogen and oxygen atoms in total. The average Bonchev–Trinajstić information content (AvgIpc) is 3.77. The molecule has 4 heterocycles. The minimum absolute atomic E-state index is 0.846. The highest BCUT2D eigenvalue weighted by molar-refractivity contribution is 6.24. The molecule has 0 fully saturated rings. The molecule has 0 aliphatic carbocycles. The van der Waals surface area contributed by atoms with Crippen LogP contribution in [0.25, 0.3) is 99.7 Å². The number of nitrogens with zero attached hydrogens (tertiary/aromatic N) is 4. The van der Waals surface area contributed by atoms with Crippen molar-refractivity contribution in [2.45, 2.75) is 0 Å². The maximum Gasteiger partial charge on any atom is 0.152 e. The number of rotatable bonds is 4. The SMILES string of the molecule is c1ccc(-n2c3ccc(-c4ccccc4-c4nc5ccccc5nc4-c4ccc5ccccc5c4)cc3c3c4cccc5c4n(c32)-c2ccccc2O5)cc1. The molecule has 0 N–H and O–H groups in total. The Labute approximate surface area is 316 Å². The number of aromatic nitrogens is 4. The van der Waals surface area contributed by atoms with Crippen molar-refractivity contribution in [3.05, 3.63) is 182 Å². The summed E-state index contributed by atoms with van der Waals surface area (Å²) in [5.74, 6) is 1.70. The second kappa shape index (κ2) is 11.5. The van der Waals surface area contributed by atoms with Crippen molar-refractivity contribution < 1.29 is 4.74 Å². The van der Waals surface area contributed by atoms with Crippen LogP contribution in [-0.2, 0) is 0 Å². The van der Waals surface area contributed by atoms with E-state index >= 15 is 0 Å². The number of para-hydroxylation sites is 6. The van der Waals surface area contributed by atoms with Gasteiger partial charge in [0, 0.05) is 33.0 Å². The molecule has 0 bridgehead atoms. The van der Waals surface area contributed by atoms with E-state index in [2.05, 4.69) is 161 Å². The van der Waals surface area contributed by atoms with Gasteiger partial charge in [0.15, 0.2) is 11.5 Å². The molecule has 1 aliphatic rings. The molecule has 256 valence electrons. The van der Waals surface area contributed by atoms with Crippen molar-refractivity contribution >= 4 is 54.6 Å². The summed E-state index contributed by atoms with van der Waals surface area (Å²) in [6.07, 6.45) is 0. The summed E-state index contributed by atoms with van der Waals surface area (Å²) < 4.78 is 11.3. The first-order chi connectivity index (χ1) is 27.3. The van der Waals surface area contributed by atoms with E-state index in [1.807, 2.05) is 30.3 Å². The third kappa shape index (κ3) is 4.41. The predicted octanol–water partition coefficient (Wildman–Crippen LogP) is 12.9. The molecule has 0 saturated carbocycles. The van der Waals surface area contributed by atoms with Gasteiger partial charge in [0.2, 0.25) is 0 Å². The fraction of sp³-hybridized carbons (Fsp3) is 0. The van der Waals surface area contributed by atoms with Crippen LogP contribution in [-0.4, -0.2) is 19.1 Å². The zero-order valence-corrected chi connectivity index (χ0v) is 29.5. The van der Waals surface area contributed by atoms with Crippen molar-refractivity contribution in [3.8, 4) is 56.5 Å². The Bertz CT molecular complexity index is 3360. The van der Waals surface area contributed by atoms with Gasteiger partial charge in [0.1, 0.15) is 5.65 Å². The number of ether oxygens (including phenoxy) is 1. The summed E-state index contributed by atoms with van der Waals surface area (Å²) in [7, 11) is 0. The van der Waals surface area contributed by atoms with Crippen molar-refractivity contribution in [2.24, 2.45) is 0 Å². The highest BCUT2D eigenvalue weighted by Gasteiger charge is 2.29. The highest BCUT2D eigenvalue weighted by atomic mass is 16.5. The summed E-state index contributed by atoms with van der Waals surface area (Å²) in [6.45, 7) is 0. The molecule has 5 heteroatoms. The first kappa shape index (κ1) is 30.0. The number of benzene rings is 8. The number of hydrogen-bond donors (Lipinski definition) is 0. The van der Waals surface area contributed by atoms with Crippen LogP contribution in [0.1, 0.15) is 0 Å². The Balaban J connectivity index is 1.14. The first-order valence-corrected chi connectivity index (χ1v) is 18.6. The normalized spacial score (nSPS) is 12.1.